The normalized spacial score (nSPS) is 11.3. The summed E-state index contributed by atoms with van der Waals surface area (Å²) in [4.78, 5) is 28.4. The number of aromatic carboxylic acids is 1. The van der Waals surface area contributed by atoms with Gasteiger partial charge in [0.1, 0.15) is 11.5 Å². The van der Waals surface area contributed by atoms with E-state index < -0.39 is 35.1 Å². The van der Waals surface area contributed by atoms with E-state index in [1.807, 2.05) is 0 Å². The monoisotopic (exact) mass is 313 g/mol. The van der Waals surface area contributed by atoms with Gasteiger partial charge in [0.05, 0.1) is 18.6 Å². The van der Waals surface area contributed by atoms with Gasteiger partial charge in [0.2, 0.25) is 0 Å². The van der Waals surface area contributed by atoms with Crippen LogP contribution in [0.4, 0.5) is 13.2 Å². The van der Waals surface area contributed by atoms with E-state index in [1.54, 1.807) is 0 Å². The predicted molar refractivity (Wildman–Crippen MR) is 64.7 cm³/mol. The molecule has 0 bridgehead atoms. The minimum Gasteiger partial charge on any atom is -0.543 e. The molecule has 0 atom stereocenters. The fourth-order valence-electron chi connectivity index (χ4n) is 1.72. The lowest BCUT2D eigenvalue weighted by molar-refractivity contribution is -0.255. The molecule has 2 aromatic rings. The summed E-state index contributed by atoms with van der Waals surface area (Å²) in [5, 5.41) is 10.9. The van der Waals surface area contributed by atoms with E-state index >= 15 is 0 Å². The van der Waals surface area contributed by atoms with Crippen LogP contribution in [0.3, 0.4) is 0 Å². The van der Waals surface area contributed by atoms with Gasteiger partial charge in [0.15, 0.2) is 5.69 Å². The second-order valence-electron chi connectivity index (χ2n) is 4.16. The Bertz CT molecular complexity index is 720. The molecule has 0 fully saturated rings. The molecule has 0 spiro atoms. The van der Waals surface area contributed by atoms with E-state index in [1.165, 1.54) is 0 Å². The molecule has 0 amide bonds. The van der Waals surface area contributed by atoms with Crippen LogP contribution in [0.2, 0.25) is 0 Å². The molecule has 0 saturated heterocycles. The predicted octanol–water partition coefficient (Wildman–Crippen LogP) is 1.25. The van der Waals surface area contributed by atoms with Gasteiger partial charge in [-0.2, -0.15) is 13.2 Å². The quantitative estimate of drug-likeness (QED) is 0.860. The number of nitrogens with zero attached hydrogens (tertiary/aromatic N) is 1. The van der Waals surface area contributed by atoms with Crippen molar-refractivity contribution in [3.05, 3.63) is 41.2 Å². The Balaban J connectivity index is 2.45. The Morgan fingerprint density at radius 3 is 2.27 bits per heavy atom. The number of alkyl halides is 3. The molecule has 0 aliphatic carbocycles. The molecule has 0 aliphatic heterocycles. The van der Waals surface area contributed by atoms with Gasteiger partial charge in [-0.3, -0.25) is 0 Å². The average molecular weight is 313 g/mol. The molecule has 22 heavy (non-hydrogen) atoms. The summed E-state index contributed by atoms with van der Waals surface area (Å²) in [6.45, 7) is 0. The number of carboxylic acid groups (broad SMARTS) is 1. The van der Waals surface area contributed by atoms with Gasteiger partial charge < -0.3 is 19.6 Å². The number of esters is 1. The number of carbonyl (C=O) groups excluding carboxylic acids is 2. The zero-order valence-corrected chi connectivity index (χ0v) is 11.0. The number of H-pyrrole nitrogens is 1. The molecule has 9 heteroatoms. The number of imidazole rings is 1. The molecule has 116 valence electrons. The number of ether oxygens (including phenoxy) is 1. The third-order valence-corrected chi connectivity index (χ3v) is 2.77. The lowest BCUT2D eigenvalue weighted by Crippen LogP contribution is -2.25. The van der Waals surface area contributed by atoms with Gasteiger partial charge in [-0.15, -0.1) is 0 Å². The fraction of sp³-hybridized carbons (Fsp3) is 0.154. The highest BCUT2D eigenvalue weighted by atomic mass is 19.4. The second-order valence-corrected chi connectivity index (χ2v) is 4.16. The number of aromatic amines is 1. The number of carbonyl (C=O) groups is 2. The van der Waals surface area contributed by atoms with Crippen molar-refractivity contribution in [3.8, 4) is 11.4 Å². The summed E-state index contributed by atoms with van der Waals surface area (Å²) in [7, 11) is 1.04. The standard InChI is InChI=1S/C13H9F3N2O4/c1-22-12(21)9-8(11(19)20)17-10(18-9)6-2-4-7(5-3-6)13(14,15)16/h2-5H,1H3,(H,17,18)(H,19,20)/p-1. The Morgan fingerprint density at radius 1 is 1.23 bits per heavy atom. The second kappa shape index (κ2) is 5.51. The van der Waals surface area contributed by atoms with Crippen LogP contribution < -0.4 is 5.11 Å². The largest absolute Gasteiger partial charge is 0.543 e. The van der Waals surface area contributed by atoms with Gasteiger partial charge >= 0.3 is 12.1 Å². The summed E-state index contributed by atoms with van der Waals surface area (Å²) >= 11 is 0. The Labute approximate surface area is 121 Å². The van der Waals surface area contributed by atoms with Crippen LogP contribution in [0.1, 0.15) is 26.5 Å². The summed E-state index contributed by atoms with van der Waals surface area (Å²) < 4.78 is 41.8. The first-order valence-corrected chi connectivity index (χ1v) is 5.81. The van der Waals surface area contributed by atoms with Crippen molar-refractivity contribution in [1.82, 2.24) is 9.97 Å². The van der Waals surface area contributed by atoms with Crippen LogP contribution in [-0.2, 0) is 10.9 Å². The minimum absolute atomic E-state index is 0.0895. The molecular weight excluding hydrogens is 305 g/mol. The maximum absolute atomic E-state index is 12.5. The number of halogens is 3. The third kappa shape index (κ3) is 2.92. The van der Waals surface area contributed by atoms with Crippen LogP contribution >= 0.6 is 0 Å². The van der Waals surface area contributed by atoms with Gasteiger partial charge in [-0.1, -0.05) is 12.1 Å². The molecule has 2 rings (SSSR count). The van der Waals surface area contributed by atoms with Gasteiger partial charge in [-0.05, 0) is 12.1 Å². The van der Waals surface area contributed by atoms with Crippen molar-refractivity contribution in [3.63, 3.8) is 0 Å². The van der Waals surface area contributed by atoms with Crippen LogP contribution in [-0.4, -0.2) is 29.0 Å². The van der Waals surface area contributed by atoms with Crippen molar-refractivity contribution < 1.29 is 32.6 Å². The van der Waals surface area contributed by atoms with Gasteiger partial charge in [0, 0.05) is 5.56 Å². The van der Waals surface area contributed by atoms with E-state index in [2.05, 4.69) is 14.7 Å². The maximum Gasteiger partial charge on any atom is 0.416 e. The fourth-order valence-corrected chi connectivity index (χ4v) is 1.72. The lowest BCUT2D eigenvalue weighted by Gasteiger charge is -2.06. The van der Waals surface area contributed by atoms with Crippen LogP contribution in [0.15, 0.2) is 24.3 Å². The summed E-state index contributed by atoms with van der Waals surface area (Å²) in [6, 6.07) is 3.83. The highest BCUT2D eigenvalue weighted by molar-refractivity contribution is 5.99. The Morgan fingerprint density at radius 2 is 1.82 bits per heavy atom. The zero-order valence-electron chi connectivity index (χ0n) is 11.0. The smallest absolute Gasteiger partial charge is 0.416 e. The number of methoxy groups -OCH3 is 1. The molecule has 1 aromatic carbocycles. The van der Waals surface area contributed by atoms with Crippen molar-refractivity contribution in [1.29, 1.82) is 0 Å². The van der Waals surface area contributed by atoms with E-state index in [0.29, 0.717) is 0 Å². The first kappa shape index (κ1) is 15.5. The first-order chi connectivity index (χ1) is 10.2. The molecule has 0 saturated carbocycles. The Hall–Kier alpha value is -2.84. The van der Waals surface area contributed by atoms with Crippen LogP contribution in [0.5, 0.6) is 0 Å². The minimum atomic E-state index is -4.49. The summed E-state index contributed by atoms with van der Waals surface area (Å²) in [5.74, 6) is -2.78. The number of benzene rings is 1. The van der Waals surface area contributed by atoms with Crippen molar-refractivity contribution >= 4 is 11.9 Å². The first-order valence-electron chi connectivity index (χ1n) is 5.81. The Kier molecular flexibility index (Phi) is 3.89. The molecule has 1 heterocycles. The van der Waals surface area contributed by atoms with E-state index in [9.17, 15) is 27.9 Å². The maximum atomic E-state index is 12.5. The number of nitrogens with one attached hydrogen (secondary N) is 1. The van der Waals surface area contributed by atoms with E-state index in [0.717, 1.165) is 31.4 Å². The molecular formula is C13H8F3N2O4-. The summed E-state index contributed by atoms with van der Waals surface area (Å²) in [6.07, 6.45) is -4.49. The molecule has 0 radical (unpaired) electrons. The zero-order chi connectivity index (χ0) is 16.5. The van der Waals surface area contributed by atoms with Crippen LogP contribution in [0, 0.1) is 0 Å². The highest BCUT2D eigenvalue weighted by Crippen LogP contribution is 2.30. The molecule has 1 N–H and O–H groups in total. The van der Waals surface area contributed by atoms with Crippen molar-refractivity contribution in [2.75, 3.05) is 7.11 Å². The van der Waals surface area contributed by atoms with Gasteiger partial charge in [-0.25, -0.2) is 9.78 Å². The lowest BCUT2D eigenvalue weighted by atomic mass is 10.1. The van der Waals surface area contributed by atoms with E-state index in [-0.39, 0.29) is 11.4 Å². The molecule has 1 aromatic heterocycles. The van der Waals surface area contributed by atoms with Crippen LogP contribution in [0.25, 0.3) is 11.4 Å². The van der Waals surface area contributed by atoms with E-state index in [4.69, 9.17) is 0 Å². The number of hydrogen-bond acceptors (Lipinski definition) is 5. The number of rotatable bonds is 3. The number of hydrogen-bond donors (Lipinski definition) is 1. The average Bonchev–Trinajstić information content (AvgIpc) is 2.91. The topological polar surface area (TPSA) is 95.1 Å². The van der Waals surface area contributed by atoms with Gasteiger partial charge in [0.25, 0.3) is 0 Å². The van der Waals surface area contributed by atoms with Crippen molar-refractivity contribution in [2.45, 2.75) is 6.18 Å². The number of aromatic nitrogens is 2. The third-order valence-electron chi connectivity index (χ3n) is 2.77. The highest BCUT2D eigenvalue weighted by Gasteiger charge is 2.30. The number of carboxylic acids is 1. The molecule has 0 unspecified atom stereocenters. The SMILES string of the molecule is COC(=O)c1[nH]c(-c2ccc(C(F)(F)F)cc2)nc1C(=O)[O-]. The summed E-state index contributed by atoms with van der Waals surface area (Å²) in [5.41, 5.74) is -1.82. The molecule has 6 nitrogen and oxygen atoms in total. The molecule has 0 aliphatic rings. The van der Waals surface area contributed by atoms with Crippen molar-refractivity contribution in [2.24, 2.45) is 0 Å².